The van der Waals surface area contributed by atoms with Crippen molar-refractivity contribution < 1.29 is 4.74 Å². The fourth-order valence-electron chi connectivity index (χ4n) is 2.18. The van der Waals surface area contributed by atoms with Crippen LogP contribution in [0.3, 0.4) is 0 Å². The molecule has 2 rings (SSSR count). The Bertz CT molecular complexity index is 490. The van der Waals surface area contributed by atoms with Crippen molar-refractivity contribution in [3.8, 4) is 0 Å². The summed E-state index contributed by atoms with van der Waals surface area (Å²) in [5.41, 5.74) is 2.64. The molecule has 1 unspecified atom stereocenters. The highest BCUT2D eigenvalue weighted by atomic mass is 16.5. The lowest BCUT2D eigenvalue weighted by atomic mass is 10.1. The Morgan fingerprint density at radius 1 is 1.35 bits per heavy atom. The lowest BCUT2D eigenvalue weighted by Gasteiger charge is -2.13. The van der Waals surface area contributed by atoms with E-state index in [-0.39, 0.29) is 6.10 Å². The summed E-state index contributed by atoms with van der Waals surface area (Å²) >= 11 is 0. The number of nitrogens with zero attached hydrogens (tertiary/aromatic N) is 1. The van der Waals surface area contributed by atoms with Crippen molar-refractivity contribution in [3.05, 3.63) is 36.0 Å². The van der Waals surface area contributed by atoms with Crippen LogP contribution in [0.25, 0.3) is 10.9 Å². The molecule has 92 valence electrons. The van der Waals surface area contributed by atoms with Gasteiger partial charge in [-0.1, -0.05) is 18.2 Å². The molecule has 0 aliphatic heterocycles. The molecule has 17 heavy (non-hydrogen) atoms. The van der Waals surface area contributed by atoms with Crippen molar-refractivity contribution in [2.75, 3.05) is 14.2 Å². The highest BCUT2D eigenvalue weighted by Crippen LogP contribution is 2.21. The minimum absolute atomic E-state index is 0.230. The van der Waals surface area contributed by atoms with Crippen LogP contribution >= 0.6 is 0 Å². The summed E-state index contributed by atoms with van der Waals surface area (Å²) in [6.45, 7) is 3.87. The number of hydrogen-bond acceptors (Lipinski definition) is 2. The number of para-hydroxylation sites is 1. The maximum absolute atomic E-state index is 5.34. The molecule has 0 aliphatic carbocycles. The van der Waals surface area contributed by atoms with Crippen LogP contribution in [0, 0.1) is 0 Å². The van der Waals surface area contributed by atoms with Gasteiger partial charge in [-0.05, 0) is 31.0 Å². The van der Waals surface area contributed by atoms with Gasteiger partial charge < -0.3 is 14.6 Å². The lowest BCUT2D eigenvalue weighted by Crippen LogP contribution is -2.15. The molecule has 1 aromatic carbocycles. The summed E-state index contributed by atoms with van der Waals surface area (Å²) in [4.78, 5) is 0. The van der Waals surface area contributed by atoms with Crippen LogP contribution in [0.4, 0.5) is 0 Å². The molecule has 2 aromatic rings. The van der Waals surface area contributed by atoms with Crippen LogP contribution in [0.5, 0.6) is 0 Å². The number of fused-ring (bicyclic) bond motifs is 1. The van der Waals surface area contributed by atoms with Crippen molar-refractivity contribution in [2.24, 2.45) is 0 Å². The van der Waals surface area contributed by atoms with E-state index in [1.54, 1.807) is 7.11 Å². The molecule has 0 spiro atoms. The van der Waals surface area contributed by atoms with E-state index in [9.17, 15) is 0 Å². The minimum atomic E-state index is 0.230. The molecule has 0 bridgehead atoms. The molecule has 0 fully saturated rings. The molecular formula is C14H20N2O. The van der Waals surface area contributed by atoms with E-state index in [0.717, 1.165) is 13.1 Å². The SMILES string of the molecule is CNCc1cccc2ccn(CC(C)OC)c12. The Morgan fingerprint density at radius 2 is 2.18 bits per heavy atom. The van der Waals surface area contributed by atoms with E-state index in [1.165, 1.54) is 16.5 Å². The van der Waals surface area contributed by atoms with E-state index in [0.29, 0.717) is 0 Å². The highest BCUT2D eigenvalue weighted by Gasteiger charge is 2.08. The number of ether oxygens (including phenoxy) is 1. The first kappa shape index (κ1) is 12.1. The maximum atomic E-state index is 5.34. The number of hydrogen-bond donors (Lipinski definition) is 1. The van der Waals surface area contributed by atoms with E-state index < -0.39 is 0 Å². The van der Waals surface area contributed by atoms with Crippen molar-refractivity contribution in [3.63, 3.8) is 0 Å². The number of nitrogens with one attached hydrogen (secondary N) is 1. The first-order chi connectivity index (χ1) is 8.26. The monoisotopic (exact) mass is 232 g/mol. The van der Waals surface area contributed by atoms with Gasteiger partial charge in [0.2, 0.25) is 0 Å². The van der Waals surface area contributed by atoms with E-state index >= 15 is 0 Å². The van der Waals surface area contributed by atoms with Gasteiger partial charge in [-0.15, -0.1) is 0 Å². The zero-order valence-electron chi connectivity index (χ0n) is 10.7. The Morgan fingerprint density at radius 3 is 2.88 bits per heavy atom. The topological polar surface area (TPSA) is 26.2 Å². The van der Waals surface area contributed by atoms with Crippen LogP contribution in [-0.4, -0.2) is 24.8 Å². The van der Waals surface area contributed by atoms with Gasteiger partial charge in [0.25, 0.3) is 0 Å². The molecular weight excluding hydrogens is 212 g/mol. The van der Waals surface area contributed by atoms with Gasteiger partial charge in [-0.3, -0.25) is 0 Å². The van der Waals surface area contributed by atoms with Crippen LogP contribution < -0.4 is 5.32 Å². The Balaban J connectivity index is 2.42. The van der Waals surface area contributed by atoms with Gasteiger partial charge in [0.15, 0.2) is 0 Å². The summed E-state index contributed by atoms with van der Waals surface area (Å²) in [6, 6.07) is 8.60. The van der Waals surface area contributed by atoms with Crippen LogP contribution in [0.1, 0.15) is 12.5 Å². The summed E-state index contributed by atoms with van der Waals surface area (Å²) in [7, 11) is 3.73. The normalized spacial score (nSPS) is 13.1. The smallest absolute Gasteiger partial charge is 0.0722 e. The molecule has 0 amide bonds. The molecule has 3 nitrogen and oxygen atoms in total. The van der Waals surface area contributed by atoms with Crippen LogP contribution in [0.15, 0.2) is 30.5 Å². The first-order valence-corrected chi connectivity index (χ1v) is 6.00. The first-order valence-electron chi connectivity index (χ1n) is 6.00. The van der Waals surface area contributed by atoms with E-state index in [2.05, 4.69) is 47.3 Å². The summed E-state index contributed by atoms with van der Waals surface area (Å²) < 4.78 is 7.61. The molecule has 1 aromatic heterocycles. The molecule has 0 radical (unpaired) electrons. The van der Waals surface area contributed by atoms with Crippen molar-refractivity contribution in [2.45, 2.75) is 26.1 Å². The average Bonchev–Trinajstić information content (AvgIpc) is 2.74. The molecule has 1 N–H and O–H groups in total. The zero-order chi connectivity index (χ0) is 12.3. The molecule has 1 heterocycles. The van der Waals surface area contributed by atoms with Gasteiger partial charge in [0.05, 0.1) is 11.6 Å². The lowest BCUT2D eigenvalue weighted by molar-refractivity contribution is 0.104. The number of aromatic nitrogens is 1. The van der Waals surface area contributed by atoms with Crippen LogP contribution in [-0.2, 0) is 17.8 Å². The second-order valence-electron chi connectivity index (χ2n) is 4.40. The summed E-state index contributed by atoms with van der Waals surface area (Å²) in [5, 5.41) is 4.51. The quantitative estimate of drug-likeness (QED) is 0.856. The second kappa shape index (κ2) is 5.34. The standard InChI is InChI=1S/C14H20N2O/c1-11(17-3)10-16-8-7-12-5-4-6-13(9-15-2)14(12)16/h4-8,11,15H,9-10H2,1-3H3. The Hall–Kier alpha value is -1.32. The average molecular weight is 232 g/mol. The van der Waals surface area contributed by atoms with Crippen molar-refractivity contribution in [1.29, 1.82) is 0 Å². The molecule has 1 atom stereocenters. The third-order valence-corrected chi connectivity index (χ3v) is 3.10. The molecule has 0 saturated carbocycles. The minimum Gasteiger partial charge on any atom is -0.380 e. The fraction of sp³-hybridized carbons (Fsp3) is 0.429. The van der Waals surface area contributed by atoms with E-state index in [1.807, 2.05) is 7.05 Å². The molecule has 3 heteroatoms. The largest absolute Gasteiger partial charge is 0.380 e. The zero-order valence-corrected chi connectivity index (χ0v) is 10.7. The third-order valence-electron chi connectivity index (χ3n) is 3.10. The number of methoxy groups -OCH3 is 1. The Kier molecular flexibility index (Phi) is 3.82. The van der Waals surface area contributed by atoms with Gasteiger partial charge in [-0.2, -0.15) is 0 Å². The second-order valence-corrected chi connectivity index (χ2v) is 4.40. The van der Waals surface area contributed by atoms with Crippen molar-refractivity contribution >= 4 is 10.9 Å². The number of rotatable bonds is 5. The maximum Gasteiger partial charge on any atom is 0.0722 e. The number of benzene rings is 1. The molecule has 0 saturated heterocycles. The van der Waals surface area contributed by atoms with Crippen molar-refractivity contribution in [1.82, 2.24) is 9.88 Å². The van der Waals surface area contributed by atoms with Crippen LogP contribution in [0.2, 0.25) is 0 Å². The highest BCUT2D eigenvalue weighted by molar-refractivity contribution is 5.83. The molecule has 0 aliphatic rings. The summed E-state index contributed by atoms with van der Waals surface area (Å²) in [6.07, 6.45) is 2.37. The van der Waals surface area contributed by atoms with E-state index in [4.69, 9.17) is 4.74 Å². The fourth-order valence-corrected chi connectivity index (χ4v) is 2.18. The van der Waals surface area contributed by atoms with Gasteiger partial charge in [-0.25, -0.2) is 0 Å². The summed E-state index contributed by atoms with van der Waals surface area (Å²) in [5.74, 6) is 0. The van der Waals surface area contributed by atoms with Gasteiger partial charge in [0, 0.05) is 26.4 Å². The predicted molar refractivity (Wildman–Crippen MR) is 71.2 cm³/mol. The van der Waals surface area contributed by atoms with Gasteiger partial charge >= 0.3 is 0 Å². The third kappa shape index (κ3) is 2.51. The predicted octanol–water partition coefficient (Wildman–Crippen LogP) is 2.40. The van der Waals surface area contributed by atoms with Gasteiger partial charge in [0.1, 0.15) is 0 Å². The Labute approximate surface area is 102 Å².